The van der Waals surface area contributed by atoms with Crippen LogP contribution in [-0.2, 0) is 11.3 Å². The second-order valence-corrected chi connectivity index (χ2v) is 7.54. The third-order valence-electron chi connectivity index (χ3n) is 5.84. The van der Waals surface area contributed by atoms with E-state index in [0.717, 1.165) is 30.6 Å². The summed E-state index contributed by atoms with van der Waals surface area (Å²) < 4.78 is 19.0. The largest absolute Gasteiger partial charge is 0.456 e. The van der Waals surface area contributed by atoms with E-state index in [-0.39, 0.29) is 23.2 Å². The fourth-order valence-corrected chi connectivity index (χ4v) is 4.30. The van der Waals surface area contributed by atoms with Gasteiger partial charge in [0.15, 0.2) is 5.76 Å². The number of carbonyl (C=O) groups excluding carboxylic acids is 2. The maximum Gasteiger partial charge on any atom is 0.289 e. The van der Waals surface area contributed by atoms with Gasteiger partial charge in [0.05, 0.1) is 0 Å². The molecule has 6 heteroatoms. The summed E-state index contributed by atoms with van der Waals surface area (Å²) in [5.74, 6) is 0.805. The fraction of sp³-hybridized carbons (Fsp3) is 0.429. The van der Waals surface area contributed by atoms with Gasteiger partial charge < -0.3 is 14.2 Å². The molecular weight excluding hydrogens is 347 g/mol. The minimum Gasteiger partial charge on any atom is -0.456 e. The average Bonchev–Trinajstić information content (AvgIpc) is 3.21. The zero-order valence-electron chi connectivity index (χ0n) is 15.4. The molecule has 142 valence electrons. The van der Waals surface area contributed by atoms with Crippen molar-refractivity contribution in [1.82, 2.24) is 9.80 Å². The SMILES string of the molecule is Cc1ccc(C(=O)N2CCC3(CCC(=O)N3Cc3cccc(F)c3)CC2)o1. The van der Waals surface area contributed by atoms with Crippen molar-refractivity contribution < 1.29 is 18.4 Å². The molecule has 1 aromatic heterocycles. The molecule has 1 aromatic carbocycles. The summed E-state index contributed by atoms with van der Waals surface area (Å²) in [5.41, 5.74) is 0.563. The van der Waals surface area contributed by atoms with Gasteiger partial charge in [-0.2, -0.15) is 0 Å². The quantitative estimate of drug-likeness (QED) is 0.831. The van der Waals surface area contributed by atoms with Gasteiger partial charge in [0.1, 0.15) is 11.6 Å². The van der Waals surface area contributed by atoms with Crippen LogP contribution in [0.15, 0.2) is 40.8 Å². The van der Waals surface area contributed by atoms with Gasteiger partial charge in [-0.15, -0.1) is 0 Å². The third-order valence-corrected chi connectivity index (χ3v) is 5.84. The van der Waals surface area contributed by atoms with Crippen LogP contribution < -0.4 is 0 Å². The summed E-state index contributed by atoms with van der Waals surface area (Å²) in [4.78, 5) is 28.8. The Balaban J connectivity index is 1.47. The van der Waals surface area contributed by atoms with Crippen LogP contribution in [0.3, 0.4) is 0 Å². The van der Waals surface area contributed by atoms with Crippen molar-refractivity contribution in [1.29, 1.82) is 0 Å². The second-order valence-electron chi connectivity index (χ2n) is 7.54. The van der Waals surface area contributed by atoms with E-state index in [4.69, 9.17) is 4.42 Å². The molecule has 0 N–H and O–H groups in total. The van der Waals surface area contributed by atoms with Gasteiger partial charge in [-0.3, -0.25) is 9.59 Å². The van der Waals surface area contributed by atoms with Crippen molar-refractivity contribution in [3.8, 4) is 0 Å². The number of carbonyl (C=O) groups is 2. The van der Waals surface area contributed by atoms with Crippen LogP contribution in [0, 0.1) is 12.7 Å². The molecule has 0 saturated carbocycles. The number of amides is 2. The standard InChI is InChI=1S/C21H23FN2O3/c1-15-5-6-18(27-15)20(26)23-11-9-21(10-12-23)8-7-19(25)24(21)14-16-3-2-4-17(22)13-16/h2-6,13H,7-12,14H2,1H3. The van der Waals surface area contributed by atoms with Gasteiger partial charge in [0.25, 0.3) is 5.91 Å². The van der Waals surface area contributed by atoms with Gasteiger partial charge in [0.2, 0.25) is 5.91 Å². The van der Waals surface area contributed by atoms with E-state index >= 15 is 0 Å². The van der Waals surface area contributed by atoms with E-state index in [9.17, 15) is 14.0 Å². The normalized spacial score (nSPS) is 19.1. The van der Waals surface area contributed by atoms with Crippen molar-refractivity contribution in [2.24, 2.45) is 0 Å². The maximum absolute atomic E-state index is 13.5. The molecule has 27 heavy (non-hydrogen) atoms. The van der Waals surface area contributed by atoms with E-state index in [0.29, 0.717) is 31.8 Å². The molecule has 0 radical (unpaired) electrons. The Kier molecular flexibility index (Phi) is 4.50. The summed E-state index contributed by atoms with van der Waals surface area (Å²) in [6.45, 7) is 3.41. The lowest BCUT2D eigenvalue weighted by atomic mass is 9.84. The first-order valence-corrected chi connectivity index (χ1v) is 9.37. The molecule has 1 spiro atoms. The number of furan rings is 1. The number of likely N-dealkylation sites (tertiary alicyclic amines) is 2. The van der Waals surface area contributed by atoms with Crippen molar-refractivity contribution in [2.45, 2.75) is 44.7 Å². The minimum atomic E-state index is -0.289. The number of aryl methyl sites for hydroxylation is 1. The Morgan fingerprint density at radius 3 is 2.63 bits per heavy atom. The Morgan fingerprint density at radius 2 is 1.96 bits per heavy atom. The molecule has 0 atom stereocenters. The van der Waals surface area contributed by atoms with Crippen molar-refractivity contribution in [3.05, 3.63) is 59.3 Å². The summed E-state index contributed by atoms with van der Waals surface area (Å²) in [6, 6.07) is 9.90. The predicted molar refractivity (Wildman–Crippen MR) is 97.5 cm³/mol. The highest BCUT2D eigenvalue weighted by molar-refractivity contribution is 5.91. The first-order chi connectivity index (χ1) is 13.0. The lowest BCUT2D eigenvalue weighted by Gasteiger charge is -2.45. The number of benzene rings is 1. The molecule has 4 rings (SSSR count). The van der Waals surface area contributed by atoms with Crippen LogP contribution >= 0.6 is 0 Å². The number of hydrogen-bond acceptors (Lipinski definition) is 3. The van der Waals surface area contributed by atoms with Gasteiger partial charge in [-0.25, -0.2) is 4.39 Å². The van der Waals surface area contributed by atoms with E-state index < -0.39 is 0 Å². The number of halogens is 1. The van der Waals surface area contributed by atoms with Crippen molar-refractivity contribution in [3.63, 3.8) is 0 Å². The number of rotatable bonds is 3. The highest BCUT2D eigenvalue weighted by Crippen LogP contribution is 2.40. The molecule has 0 unspecified atom stereocenters. The molecule has 2 aliphatic heterocycles. The van der Waals surface area contributed by atoms with Crippen LogP contribution in [0.1, 0.15) is 47.6 Å². The Labute approximate surface area is 157 Å². The molecule has 2 fully saturated rings. The Hall–Kier alpha value is -2.63. The molecule has 0 bridgehead atoms. The molecule has 0 aliphatic carbocycles. The topological polar surface area (TPSA) is 53.8 Å². The minimum absolute atomic E-state index is 0.0982. The zero-order valence-corrected chi connectivity index (χ0v) is 15.4. The van der Waals surface area contributed by atoms with Crippen LogP contribution in [0.5, 0.6) is 0 Å². The predicted octanol–water partition coefficient (Wildman–Crippen LogP) is 3.52. The van der Waals surface area contributed by atoms with Crippen LogP contribution in [0.4, 0.5) is 4.39 Å². The second kappa shape index (κ2) is 6.83. The molecule has 2 saturated heterocycles. The molecule has 3 heterocycles. The highest BCUT2D eigenvalue weighted by atomic mass is 19.1. The first-order valence-electron chi connectivity index (χ1n) is 9.37. The Bertz CT molecular complexity index is 868. The lowest BCUT2D eigenvalue weighted by molar-refractivity contribution is -0.133. The molecule has 2 aromatic rings. The summed E-state index contributed by atoms with van der Waals surface area (Å²) >= 11 is 0. The monoisotopic (exact) mass is 370 g/mol. The van der Waals surface area contributed by atoms with E-state index in [1.165, 1.54) is 12.1 Å². The van der Waals surface area contributed by atoms with Gasteiger partial charge in [0, 0.05) is 31.6 Å². The number of nitrogens with zero attached hydrogens (tertiary/aromatic N) is 2. The highest BCUT2D eigenvalue weighted by Gasteiger charge is 2.47. The zero-order chi connectivity index (χ0) is 19.0. The van der Waals surface area contributed by atoms with E-state index in [1.807, 2.05) is 17.9 Å². The molecular formula is C21H23FN2O3. The summed E-state index contributed by atoms with van der Waals surface area (Å²) in [5, 5.41) is 0. The third kappa shape index (κ3) is 3.36. The van der Waals surface area contributed by atoms with Crippen molar-refractivity contribution >= 4 is 11.8 Å². The molecule has 5 nitrogen and oxygen atoms in total. The summed E-state index contributed by atoms with van der Waals surface area (Å²) in [6.07, 6.45) is 2.78. The molecule has 2 aliphatic rings. The van der Waals surface area contributed by atoms with Crippen LogP contribution in [0.25, 0.3) is 0 Å². The van der Waals surface area contributed by atoms with Gasteiger partial charge >= 0.3 is 0 Å². The maximum atomic E-state index is 13.5. The molecule has 2 amide bonds. The van der Waals surface area contributed by atoms with Crippen molar-refractivity contribution in [2.75, 3.05) is 13.1 Å². The van der Waals surface area contributed by atoms with Gasteiger partial charge in [-0.05, 0) is 56.0 Å². The van der Waals surface area contributed by atoms with Crippen LogP contribution in [-0.4, -0.2) is 40.2 Å². The van der Waals surface area contributed by atoms with E-state index in [2.05, 4.69) is 0 Å². The van der Waals surface area contributed by atoms with Gasteiger partial charge in [-0.1, -0.05) is 12.1 Å². The number of piperidine rings is 1. The lowest BCUT2D eigenvalue weighted by Crippen LogP contribution is -2.53. The van der Waals surface area contributed by atoms with Crippen LogP contribution in [0.2, 0.25) is 0 Å². The Morgan fingerprint density at radius 1 is 1.19 bits per heavy atom. The average molecular weight is 370 g/mol. The summed E-state index contributed by atoms with van der Waals surface area (Å²) in [7, 11) is 0. The fourth-order valence-electron chi connectivity index (χ4n) is 4.30. The number of hydrogen-bond donors (Lipinski definition) is 0. The smallest absolute Gasteiger partial charge is 0.289 e. The van der Waals surface area contributed by atoms with E-state index in [1.54, 1.807) is 23.1 Å². The first kappa shape index (κ1) is 17.8.